The smallest absolute Gasteiger partial charge is 0.325 e. The van der Waals surface area contributed by atoms with Crippen LogP contribution in [-0.4, -0.2) is 121 Å². The van der Waals surface area contributed by atoms with Gasteiger partial charge in [0, 0.05) is 0 Å². The van der Waals surface area contributed by atoms with Gasteiger partial charge in [0.1, 0.15) is 54.5 Å². The number of aliphatic hydroxyl groups is 7. The van der Waals surface area contributed by atoms with E-state index in [1.165, 1.54) is 24.3 Å². The maximum Gasteiger partial charge on any atom is 0.325 e. The maximum atomic E-state index is 11.0. The lowest BCUT2D eigenvalue weighted by molar-refractivity contribution is -0.357. The highest BCUT2D eigenvalue weighted by molar-refractivity contribution is 5.75. The highest BCUT2D eigenvalue weighted by Gasteiger charge is 2.51. The van der Waals surface area contributed by atoms with Gasteiger partial charge in [-0.2, -0.15) is 0 Å². The van der Waals surface area contributed by atoms with Crippen molar-refractivity contribution >= 4 is 5.97 Å². The fourth-order valence-electron chi connectivity index (χ4n) is 3.66. The molecule has 0 radical (unpaired) electrons. The molecular weight excluding hydrogens is 462 g/mol. The Morgan fingerprint density at radius 2 is 1.38 bits per heavy atom. The molecule has 2 saturated heterocycles. The van der Waals surface area contributed by atoms with E-state index in [1.807, 2.05) is 0 Å². The van der Waals surface area contributed by atoms with Crippen LogP contribution in [0.5, 0.6) is 5.75 Å². The molecule has 14 nitrogen and oxygen atoms in total. The molecule has 34 heavy (non-hydrogen) atoms. The van der Waals surface area contributed by atoms with Crippen LogP contribution in [0, 0.1) is 0 Å². The second kappa shape index (κ2) is 11.2. The van der Waals surface area contributed by atoms with Gasteiger partial charge in [0.05, 0.1) is 13.2 Å². The van der Waals surface area contributed by atoms with E-state index in [-0.39, 0.29) is 11.3 Å². The van der Waals surface area contributed by atoms with Crippen LogP contribution in [0.1, 0.15) is 11.6 Å². The number of nitrogens with two attached hydrogens (primary N) is 1. The van der Waals surface area contributed by atoms with Crippen LogP contribution in [-0.2, 0) is 19.0 Å². The SMILES string of the molecule is NC(C(=O)O)c1ccc(OC2OC(CO)C(O)C(O)C2OC2OC(CO)C(O)C(O)C2O)cc1. The topological polar surface area (TPSA) is 242 Å². The molecule has 1 aromatic carbocycles. The monoisotopic (exact) mass is 491 g/mol. The van der Waals surface area contributed by atoms with Crippen LogP contribution >= 0.6 is 0 Å². The Balaban J connectivity index is 1.81. The Labute approximate surface area is 193 Å². The summed E-state index contributed by atoms with van der Waals surface area (Å²) in [5, 5.41) is 78.8. The molecule has 10 N–H and O–H groups in total. The van der Waals surface area contributed by atoms with E-state index < -0.39 is 86.6 Å². The zero-order chi connectivity index (χ0) is 25.2. The van der Waals surface area contributed by atoms with Gasteiger partial charge in [0.25, 0.3) is 0 Å². The van der Waals surface area contributed by atoms with Crippen molar-refractivity contribution < 1.29 is 64.6 Å². The molecular formula is C20H29NO13. The van der Waals surface area contributed by atoms with E-state index in [2.05, 4.69) is 0 Å². The summed E-state index contributed by atoms with van der Waals surface area (Å²) in [6.07, 6.45) is -15.8. The zero-order valence-corrected chi connectivity index (χ0v) is 17.8. The summed E-state index contributed by atoms with van der Waals surface area (Å²) in [6.45, 7) is -1.40. The minimum absolute atomic E-state index is 0.119. The second-order valence-corrected chi connectivity index (χ2v) is 8.01. The molecule has 11 atom stereocenters. The van der Waals surface area contributed by atoms with Crippen molar-refractivity contribution in [2.45, 2.75) is 67.5 Å². The molecule has 1 aromatic rings. The summed E-state index contributed by atoms with van der Waals surface area (Å²) < 4.78 is 22.0. The molecule has 0 spiro atoms. The molecule has 0 bridgehead atoms. The number of carbonyl (C=O) groups is 1. The molecule has 0 amide bonds. The summed E-state index contributed by atoms with van der Waals surface area (Å²) in [4.78, 5) is 11.0. The number of aliphatic hydroxyl groups excluding tert-OH is 7. The summed E-state index contributed by atoms with van der Waals surface area (Å²) in [6, 6.07) is 4.26. The van der Waals surface area contributed by atoms with E-state index in [4.69, 9.17) is 29.8 Å². The van der Waals surface area contributed by atoms with Crippen molar-refractivity contribution in [1.82, 2.24) is 0 Å². The lowest BCUT2D eigenvalue weighted by Crippen LogP contribution is -2.65. The average molecular weight is 491 g/mol. The number of hydrogen-bond acceptors (Lipinski definition) is 13. The molecule has 0 aliphatic carbocycles. The minimum atomic E-state index is -1.80. The minimum Gasteiger partial charge on any atom is -0.480 e. The molecule has 3 rings (SSSR count). The van der Waals surface area contributed by atoms with Crippen molar-refractivity contribution in [2.24, 2.45) is 5.73 Å². The van der Waals surface area contributed by atoms with E-state index in [9.17, 15) is 40.5 Å². The normalized spacial score (nSPS) is 39.4. The lowest BCUT2D eigenvalue weighted by Gasteiger charge is -2.45. The van der Waals surface area contributed by atoms with Crippen molar-refractivity contribution in [2.75, 3.05) is 13.2 Å². The highest BCUT2D eigenvalue weighted by Crippen LogP contribution is 2.30. The van der Waals surface area contributed by atoms with Crippen LogP contribution in [0.4, 0.5) is 0 Å². The zero-order valence-electron chi connectivity index (χ0n) is 17.8. The number of hydrogen-bond donors (Lipinski definition) is 9. The summed E-state index contributed by atoms with van der Waals surface area (Å²) in [7, 11) is 0. The van der Waals surface area contributed by atoms with Crippen molar-refractivity contribution in [3.63, 3.8) is 0 Å². The third kappa shape index (κ3) is 5.48. The van der Waals surface area contributed by atoms with Crippen molar-refractivity contribution in [1.29, 1.82) is 0 Å². The van der Waals surface area contributed by atoms with Gasteiger partial charge in [-0.3, -0.25) is 4.79 Å². The summed E-state index contributed by atoms with van der Waals surface area (Å²) >= 11 is 0. The Kier molecular flexibility index (Phi) is 8.77. The maximum absolute atomic E-state index is 11.0. The first-order valence-corrected chi connectivity index (χ1v) is 10.4. The molecule has 2 fully saturated rings. The lowest BCUT2D eigenvalue weighted by atomic mass is 9.97. The Bertz CT molecular complexity index is 808. The van der Waals surface area contributed by atoms with E-state index in [1.54, 1.807) is 0 Å². The average Bonchev–Trinajstić information content (AvgIpc) is 2.83. The van der Waals surface area contributed by atoms with E-state index in [0.29, 0.717) is 0 Å². The predicted molar refractivity (Wildman–Crippen MR) is 108 cm³/mol. The van der Waals surface area contributed by atoms with Gasteiger partial charge < -0.3 is 65.5 Å². The van der Waals surface area contributed by atoms with E-state index >= 15 is 0 Å². The van der Waals surface area contributed by atoms with E-state index in [0.717, 1.165) is 0 Å². The van der Waals surface area contributed by atoms with Gasteiger partial charge in [-0.05, 0) is 17.7 Å². The number of rotatable bonds is 8. The molecule has 2 aliphatic heterocycles. The first-order chi connectivity index (χ1) is 16.1. The quantitative estimate of drug-likeness (QED) is 0.167. The molecule has 11 unspecified atom stereocenters. The standard InChI is InChI=1S/C20H29NO13/c21-11(18(29)30)7-1-3-8(4-2-7)31-20-17(15(27)13(25)10(6-23)33-20)34-19-16(28)14(26)12(24)9(5-22)32-19/h1-4,9-17,19-20,22-28H,5-6,21H2,(H,29,30). The van der Waals surface area contributed by atoms with Gasteiger partial charge >= 0.3 is 5.97 Å². The largest absolute Gasteiger partial charge is 0.480 e. The first kappa shape index (κ1) is 26.7. The van der Waals surface area contributed by atoms with Gasteiger partial charge in [0.15, 0.2) is 12.4 Å². The van der Waals surface area contributed by atoms with Crippen LogP contribution in [0.15, 0.2) is 24.3 Å². The third-order valence-electron chi connectivity index (χ3n) is 5.72. The van der Waals surface area contributed by atoms with Crippen LogP contribution in [0.2, 0.25) is 0 Å². The fraction of sp³-hybridized carbons (Fsp3) is 0.650. The molecule has 2 aliphatic rings. The van der Waals surface area contributed by atoms with Crippen LogP contribution in [0.3, 0.4) is 0 Å². The van der Waals surface area contributed by atoms with Gasteiger partial charge in [-0.1, -0.05) is 12.1 Å². The first-order valence-electron chi connectivity index (χ1n) is 10.4. The Morgan fingerprint density at radius 1 is 0.853 bits per heavy atom. The Hall–Kier alpha value is -1.95. The van der Waals surface area contributed by atoms with Crippen LogP contribution in [0.25, 0.3) is 0 Å². The van der Waals surface area contributed by atoms with Crippen molar-refractivity contribution in [3.8, 4) is 5.75 Å². The number of carboxylic acids is 1. The van der Waals surface area contributed by atoms with Crippen LogP contribution < -0.4 is 10.5 Å². The molecule has 0 aromatic heterocycles. The molecule has 14 heteroatoms. The number of ether oxygens (including phenoxy) is 4. The summed E-state index contributed by atoms with van der Waals surface area (Å²) in [5.41, 5.74) is 5.84. The third-order valence-corrected chi connectivity index (χ3v) is 5.72. The number of carboxylic acid groups (broad SMARTS) is 1. The van der Waals surface area contributed by atoms with Gasteiger partial charge in [0.2, 0.25) is 6.29 Å². The molecule has 0 saturated carbocycles. The molecule has 2 heterocycles. The number of aliphatic carboxylic acids is 1. The predicted octanol–water partition coefficient (Wildman–Crippen LogP) is -4.23. The molecule has 192 valence electrons. The van der Waals surface area contributed by atoms with Crippen molar-refractivity contribution in [3.05, 3.63) is 29.8 Å². The fourth-order valence-corrected chi connectivity index (χ4v) is 3.66. The summed E-state index contributed by atoms with van der Waals surface area (Å²) in [5.74, 6) is -1.12. The second-order valence-electron chi connectivity index (χ2n) is 8.01. The van der Waals surface area contributed by atoms with Gasteiger partial charge in [-0.15, -0.1) is 0 Å². The Morgan fingerprint density at radius 3 is 1.91 bits per heavy atom. The van der Waals surface area contributed by atoms with Gasteiger partial charge in [-0.25, -0.2) is 0 Å². The number of benzene rings is 1. The highest BCUT2D eigenvalue weighted by atomic mass is 16.8.